The Morgan fingerprint density at radius 1 is 1.05 bits per heavy atom. The van der Waals surface area contributed by atoms with Crippen LogP contribution in [0.4, 0.5) is 5.88 Å². The molecule has 8 nitrogen and oxygen atoms in total. The van der Waals surface area contributed by atoms with Crippen LogP contribution in [-0.2, 0) is 14.3 Å². The van der Waals surface area contributed by atoms with Gasteiger partial charge >= 0.3 is 5.97 Å². The Morgan fingerprint density at radius 2 is 1.77 bits per heavy atom. The van der Waals surface area contributed by atoms with Crippen LogP contribution in [-0.4, -0.2) is 43.4 Å². The van der Waals surface area contributed by atoms with Gasteiger partial charge in [-0.15, -0.1) is 0 Å². The first kappa shape index (κ1) is 25.1. The summed E-state index contributed by atoms with van der Waals surface area (Å²) in [7, 11) is 0. The number of anilines is 1. The van der Waals surface area contributed by atoms with Gasteiger partial charge in [0.25, 0.3) is 5.56 Å². The lowest BCUT2D eigenvalue weighted by atomic mass is 9.93. The number of benzene rings is 2. The third kappa shape index (κ3) is 4.86. The van der Waals surface area contributed by atoms with Crippen molar-refractivity contribution >= 4 is 35.0 Å². The third-order valence-electron chi connectivity index (χ3n) is 6.70. The molecular formula is C30H27N3O5S. The SMILES string of the molecule is CCOC(=O)C1=C(c2ccccc2)N=c2sc(=Cc3ccc(N4CCOCC4)o3)c(=O)n2C1c1ccccc1. The van der Waals surface area contributed by atoms with Gasteiger partial charge in [-0.25, -0.2) is 9.79 Å². The van der Waals surface area contributed by atoms with Gasteiger partial charge < -0.3 is 18.8 Å². The number of furan rings is 1. The Labute approximate surface area is 228 Å². The Balaban J connectivity index is 1.53. The number of hydrogen-bond donors (Lipinski definition) is 0. The molecular weight excluding hydrogens is 514 g/mol. The van der Waals surface area contributed by atoms with Gasteiger partial charge in [-0.3, -0.25) is 9.36 Å². The van der Waals surface area contributed by atoms with Gasteiger partial charge in [-0.05, 0) is 18.6 Å². The van der Waals surface area contributed by atoms with Crippen LogP contribution < -0.4 is 19.8 Å². The molecule has 2 aliphatic heterocycles. The lowest BCUT2D eigenvalue weighted by Gasteiger charge is -2.26. The minimum absolute atomic E-state index is 0.209. The van der Waals surface area contributed by atoms with E-state index < -0.39 is 12.0 Å². The Hall–Kier alpha value is -4.21. The van der Waals surface area contributed by atoms with Crippen molar-refractivity contribution < 1.29 is 18.7 Å². The number of morpholine rings is 1. The van der Waals surface area contributed by atoms with Crippen LogP contribution in [0.15, 0.2) is 92.6 Å². The topological polar surface area (TPSA) is 86.3 Å². The van der Waals surface area contributed by atoms with E-state index in [0.29, 0.717) is 39.6 Å². The zero-order chi connectivity index (χ0) is 26.8. The molecule has 2 aliphatic rings. The molecule has 0 saturated carbocycles. The van der Waals surface area contributed by atoms with Crippen molar-refractivity contribution in [3.8, 4) is 0 Å². The number of nitrogens with zero attached hydrogens (tertiary/aromatic N) is 3. The lowest BCUT2D eigenvalue weighted by Crippen LogP contribution is -2.39. The summed E-state index contributed by atoms with van der Waals surface area (Å²) in [6.45, 7) is 4.79. The van der Waals surface area contributed by atoms with Gasteiger partial charge in [0.05, 0.1) is 41.7 Å². The molecule has 0 N–H and O–H groups in total. The third-order valence-corrected chi connectivity index (χ3v) is 7.68. The highest BCUT2D eigenvalue weighted by molar-refractivity contribution is 7.07. The van der Waals surface area contributed by atoms with Crippen molar-refractivity contribution in [2.75, 3.05) is 37.8 Å². The summed E-state index contributed by atoms with van der Waals surface area (Å²) >= 11 is 1.27. The smallest absolute Gasteiger partial charge is 0.338 e. The molecule has 39 heavy (non-hydrogen) atoms. The van der Waals surface area contributed by atoms with E-state index in [4.69, 9.17) is 18.9 Å². The number of fused-ring (bicyclic) bond motifs is 1. The Kier molecular flexibility index (Phi) is 7.00. The van der Waals surface area contributed by atoms with Crippen molar-refractivity contribution in [2.24, 2.45) is 4.99 Å². The van der Waals surface area contributed by atoms with E-state index in [9.17, 15) is 9.59 Å². The summed E-state index contributed by atoms with van der Waals surface area (Å²) in [4.78, 5) is 34.9. The fraction of sp³-hybridized carbons (Fsp3) is 0.233. The molecule has 2 aromatic carbocycles. The monoisotopic (exact) mass is 541 g/mol. The van der Waals surface area contributed by atoms with Gasteiger partial charge in [0.15, 0.2) is 10.7 Å². The van der Waals surface area contributed by atoms with Crippen molar-refractivity contribution in [2.45, 2.75) is 13.0 Å². The van der Waals surface area contributed by atoms with Crippen LogP contribution in [0.1, 0.15) is 29.9 Å². The number of carbonyl (C=O) groups is 1. The number of hydrogen-bond acceptors (Lipinski definition) is 8. The van der Waals surface area contributed by atoms with Gasteiger partial charge in [0.1, 0.15) is 5.76 Å². The second-order valence-corrected chi connectivity index (χ2v) is 10.1. The molecule has 0 radical (unpaired) electrons. The number of aromatic nitrogens is 1. The summed E-state index contributed by atoms with van der Waals surface area (Å²) in [6.07, 6.45) is 1.74. The summed E-state index contributed by atoms with van der Waals surface area (Å²) in [6, 6.07) is 22.1. The van der Waals surface area contributed by atoms with Crippen LogP contribution in [0, 0.1) is 0 Å². The Morgan fingerprint density at radius 3 is 2.49 bits per heavy atom. The average molecular weight is 542 g/mol. The average Bonchev–Trinajstić information content (AvgIpc) is 3.58. The maximum absolute atomic E-state index is 13.9. The highest BCUT2D eigenvalue weighted by atomic mass is 32.1. The van der Waals surface area contributed by atoms with Crippen LogP contribution in [0.5, 0.6) is 0 Å². The molecule has 198 valence electrons. The fourth-order valence-electron chi connectivity index (χ4n) is 4.89. The van der Waals surface area contributed by atoms with Crippen LogP contribution in [0.25, 0.3) is 11.8 Å². The highest BCUT2D eigenvalue weighted by Crippen LogP contribution is 2.35. The molecule has 4 heterocycles. The van der Waals surface area contributed by atoms with Crippen molar-refractivity contribution in [3.05, 3.63) is 115 Å². The first-order chi connectivity index (χ1) is 19.1. The number of thiazole rings is 1. The minimum atomic E-state index is -0.695. The molecule has 0 spiro atoms. The maximum atomic E-state index is 13.9. The summed E-state index contributed by atoms with van der Waals surface area (Å²) in [5.74, 6) is 0.825. The van der Waals surface area contributed by atoms with Crippen LogP contribution in [0.3, 0.4) is 0 Å². The van der Waals surface area contributed by atoms with E-state index in [1.165, 1.54) is 11.3 Å². The van der Waals surface area contributed by atoms with Crippen LogP contribution >= 0.6 is 11.3 Å². The van der Waals surface area contributed by atoms with Gasteiger partial charge in [0, 0.05) is 30.8 Å². The van der Waals surface area contributed by atoms with E-state index in [-0.39, 0.29) is 12.2 Å². The first-order valence-corrected chi connectivity index (χ1v) is 13.7. The Bertz CT molecular complexity index is 1700. The van der Waals surface area contributed by atoms with E-state index in [1.54, 1.807) is 17.6 Å². The van der Waals surface area contributed by atoms with E-state index in [0.717, 1.165) is 30.1 Å². The minimum Gasteiger partial charge on any atom is -0.463 e. The molecule has 4 aromatic rings. The fourth-order valence-corrected chi connectivity index (χ4v) is 5.87. The normalized spacial score (nSPS) is 17.6. The summed E-state index contributed by atoms with van der Waals surface area (Å²) < 4.78 is 19.1. The number of rotatable bonds is 6. The van der Waals surface area contributed by atoms with Gasteiger partial charge in [0.2, 0.25) is 0 Å². The predicted molar refractivity (Wildman–Crippen MR) is 149 cm³/mol. The lowest BCUT2D eigenvalue weighted by molar-refractivity contribution is -0.138. The quantitative estimate of drug-likeness (QED) is 0.348. The molecule has 6 rings (SSSR count). The number of esters is 1. The predicted octanol–water partition coefficient (Wildman–Crippen LogP) is 3.37. The second kappa shape index (κ2) is 10.9. The molecule has 1 atom stereocenters. The summed E-state index contributed by atoms with van der Waals surface area (Å²) in [5, 5.41) is 0. The molecule has 1 fully saturated rings. The maximum Gasteiger partial charge on any atom is 0.338 e. The van der Waals surface area contributed by atoms with E-state index in [2.05, 4.69) is 4.90 Å². The zero-order valence-electron chi connectivity index (χ0n) is 21.4. The van der Waals surface area contributed by atoms with Crippen molar-refractivity contribution in [3.63, 3.8) is 0 Å². The molecule has 0 amide bonds. The molecule has 0 bridgehead atoms. The number of carbonyl (C=O) groups excluding carboxylic acids is 1. The standard InChI is InChI=1S/C30H27N3O5S/c1-2-37-29(35)25-26(20-9-5-3-6-10-20)31-30-33(27(25)21-11-7-4-8-12-21)28(34)23(39-30)19-22-13-14-24(38-22)32-15-17-36-18-16-32/h3-14,19,27H,2,15-18H2,1H3. The van der Waals surface area contributed by atoms with Gasteiger partial charge in [-0.2, -0.15) is 0 Å². The molecule has 0 aliphatic carbocycles. The van der Waals surface area contributed by atoms with Crippen molar-refractivity contribution in [1.82, 2.24) is 4.57 Å². The summed E-state index contributed by atoms with van der Waals surface area (Å²) in [5.41, 5.74) is 2.17. The van der Waals surface area contributed by atoms with Crippen LogP contribution in [0.2, 0.25) is 0 Å². The van der Waals surface area contributed by atoms with Gasteiger partial charge in [-0.1, -0.05) is 72.0 Å². The van der Waals surface area contributed by atoms with Crippen molar-refractivity contribution in [1.29, 1.82) is 0 Å². The number of ether oxygens (including phenoxy) is 2. The highest BCUT2D eigenvalue weighted by Gasteiger charge is 2.35. The largest absolute Gasteiger partial charge is 0.463 e. The molecule has 1 saturated heterocycles. The van der Waals surface area contributed by atoms with E-state index >= 15 is 0 Å². The second-order valence-electron chi connectivity index (χ2n) is 9.12. The van der Waals surface area contributed by atoms with E-state index in [1.807, 2.05) is 72.8 Å². The molecule has 1 unspecified atom stereocenters. The zero-order valence-corrected chi connectivity index (χ0v) is 22.2. The first-order valence-electron chi connectivity index (χ1n) is 12.9. The molecule has 2 aromatic heterocycles. The molecule has 9 heteroatoms.